The van der Waals surface area contributed by atoms with E-state index in [0.717, 1.165) is 0 Å². The van der Waals surface area contributed by atoms with Crippen molar-refractivity contribution in [2.75, 3.05) is 13.7 Å². The van der Waals surface area contributed by atoms with Gasteiger partial charge in [-0.3, -0.25) is 4.99 Å². The first-order valence-electron chi connectivity index (χ1n) is 7.51. The van der Waals surface area contributed by atoms with Crippen LogP contribution in [0, 0.1) is 0 Å². The summed E-state index contributed by atoms with van der Waals surface area (Å²) < 4.78 is 95.6. The quantitative estimate of drug-likeness (QED) is 0.738. The number of aliphatic hydroxyl groups is 1. The van der Waals surface area contributed by atoms with Crippen molar-refractivity contribution >= 4 is 16.9 Å². The summed E-state index contributed by atoms with van der Waals surface area (Å²) in [6.07, 6.45) is -6.66. The summed E-state index contributed by atoms with van der Waals surface area (Å²) in [6.45, 7) is -2.25. The largest absolute Gasteiger partial charge is 0.459 e. The molecule has 2 N–H and O–H groups in total. The van der Waals surface area contributed by atoms with Gasteiger partial charge in [0.05, 0.1) is 0 Å². The highest BCUT2D eigenvalue weighted by molar-refractivity contribution is 8.15. The van der Waals surface area contributed by atoms with Crippen LogP contribution < -0.4 is 5.32 Å². The highest BCUT2D eigenvalue weighted by atomic mass is 32.2. The third kappa shape index (κ3) is 2.80. The number of nitrogens with one attached hydrogen (secondary N) is 1. The summed E-state index contributed by atoms with van der Waals surface area (Å²) in [6, 6.07) is 6.18. The fourth-order valence-electron chi connectivity index (χ4n) is 3.01. The van der Waals surface area contributed by atoms with Crippen molar-refractivity contribution in [3.8, 4) is 0 Å². The minimum Gasteiger partial charge on any atom is -0.364 e. The molecule has 0 spiro atoms. The molecule has 2 unspecified atom stereocenters. The van der Waals surface area contributed by atoms with Crippen molar-refractivity contribution in [2.45, 2.75) is 35.1 Å². The van der Waals surface area contributed by atoms with E-state index in [1.807, 2.05) is 0 Å². The molecule has 3 rings (SSSR count). The molecule has 27 heavy (non-hydrogen) atoms. The van der Waals surface area contributed by atoms with E-state index in [-0.39, 0.29) is 17.2 Å². The first kappa shape index (κ1) is 20.2. The van der Waals surface area contributed by atoms with Gasteiger partial charge in [-0.2, -0.15) is 30.7 Å². The molecule has 2 atom stereocenters. The second kappa shape index (κ2) is 5.98. The highest BCUT2D eigenvalue weighted by Gasteiger charge is 2.74. The van der Waals surface area contributed by atoms with E-state index in [9.17, 15) is 35.8 Å². The Morgan fingerprint density at radius 2 is 1.81 bits per heavy atom. The highest BCUT2D eigenvalue weighted by Crippen LogP contribution is 2.56. The minimum absolute atomic E-state index is 0.0675. The lowest BCUT2D eigenvalue weighted by Gasteiger charge is -2.36. The Labute approximate surface area is 152 Å². The van der Waals surface area contributed by atoms with Gasteiger partial charge in [-0.15, -0.1) is 0 Å². The number of aliphatic imine (C=N–C) groups is 1. The van der Waals surface area contributed by atoms with Gasteiger partial charge in [0.2, 0.25) is 5.72 Å². The number of fused-ring (bicyclic) bond motifs is 3. The van der Waals surface area contributed by atoms with Crippen LogP contribution in [0.1, 0.15) is 11.1 Å². The zero-order chi connectivity index (χ0) is 20.3. The van der Waals surface area contributed by atoms with Crippen molar-refractivity contribution in [3.63, 3.8) is 0 Å². The van der Waals surface area contributed by atoms with E-state index in [1.165, 1.54) is 13.1 Å². The minimum atomic E-state index is -6.45. The topological polar surface area (TPSA) is 53.9 Å². The summed E-state index contributed by atoms with van der Waals surface area (Å²) in [5.74, 6) is -11.8. The third-order valence-electron chi connectivity index (χ3n) is 4.44. The van der Waals surface area contributed by atoms with Crippen molar-refractivity contribution in [3.05, 3.63) is 35.4 Å². The molecule has 150 valence electrons. The number of benzene rings is 1. The van der Waals surface area contributed by atoms with E-state index in [1.54, 1.807) is 18.2 Å². The van der Waals surface area contributed by atoms with E-state index in [0.29, 0.717) is 17.3 Å². The second-order valence-corrected chi connectivity index (χ2v) is 7.37. The van der Waals surface area contributed by atoms with E-state index in [2.05, 4.69) is 10.3 Å². The van der Waals surface area contributed by atoms with Crippen LogP contribution in [0.4, 0.5) is 30.7 Å². The van der Waals surface area contributed by atoms with Gasteiger partial charge >= 0.3 is 18.0 Å². The summed E-state index contributed by atoms with van der Waals surface area (Å²) >= 11 is 0.650. The average Bonchev–Trinajstić information content (AvgIpc) is 2.97. The Bertz CT molecular complexity index is 786. The molecule has 0 aromatic heterocycles. The van der Waals surface area contributed by atoms with Crippen molar-refractivity contribution < 1.29 is 40.6 Å². The number of nitrogens with zero attached hydrogens (tertiary/aromatic N) is 1. The predicted octanol–water partition coefficient (Wildman–Crippen LogP) is 3.26. The Morgan fingerprint density at radius 3 is 2.41 bits per heavy atom. The Hall–Kier alpha value is -1.53. The lowest BCUT2D eigenvalue weighted by atomic mass is 10.0. The lowest BCUT2D eigenvalue weighted by molar-refractivity contribution is -0.365. The van der Waals surface area contributed by atoms with Crippen LogP contribution in [0.25, 0.3) is 0 Å². The van der Waals surface area contributed by atoms with Crippen LogP contribution >= 0.6 is 11.8 Å². The van der Waals surface area contributed by atoms with Gasteiger partial charge in [0.1, 0.15) is 6.61 Å². The molecule has 1 aromatic rings. The Balaban J connectivity index is 1.94. The van der Waals surface area contributed by atoms with E-state index >= 15 is 0 Å². The van der Waals surface area contributed by atoms with Gasteiger partial charge in [0, 0.05) is 19.0 Å². The van der Waals surface area contributed by atoms with Gasteiger partial charge < -0.3 is 15.2 Å². The van der Waals surface area contributed by atoms with Gasteiger partial charge in [-0.05, 0) is 17.3 Å². The van der Waals surface area contributed by atoms with E-state index in [4.69, 9.17) is 4.74 Å². The molecular weight excluding hydrogens is 405 g/mol. The lowest BCUT2D eigenvalue weighted by Crippen LogP contribution is -2.57. The average molecular weight is 418 g/mol. The maximum atomic E-state index is 13.7. The van der Waals surface area contributed by atoms with Crippen LogP contribution in [0.15, 0.2) is 29.3 Å². The first-order chi connectivity index (χ1) is 12.3. The molecule has 1 aromatic carbocycles. The fraction of sp³-hybridized carbons (Fsp3) is 0.533. The van der Waals surface area contributed by atoms with Crippen molar-refractivity contribution in [1.29, 1.82) is 0 Å². The molecule has 2 aliphatic rings. The molecule has 0 bridgehead atoms. The molecule has 0 radical (unpaired) electrons. The molecule has 12 heteroatoms. The standard InChI is InChI=1S/C15H13F7N2O2S/c1-23-10-24-13(25)9-5-3-2-4-8(9)6-12(13,27-10)26-7-11(16,17)14(18,19)15(20,21)22/h2-5,25H,6-7H2,1H3,(H,23,24). The van der Waals surface area contributed by atoms with Gasteiger partial charge in [0.25, 0.3) is 0 Å². The van der Waals surface area contributed by atoms with Crippen LogP contribution in [0.2, 0.25) is 0 Å². The number of alkyl halides is 7. The summed E-state index contributed by atoms with van der Waals surface area (Å²) in [4.78, 5) is 1.80. The number of hydrogen-bond acceptors (Lipinski definition) is 4. The van der Waals surface area contributed by atoms with Crippen molar-refractivity contribution in [1.82, 2.24) is 5.32 Å². The van der Waals surface area contributed by atoms with Crippen LogP contribution in [-0.2, 0) is 16.9 Å². The third-order valence-corrected chi connectivity index (χ3v) is 5.80. The number of amidine groups is 1. The van der Waals surface area contributed by atoms with Crippen LogP contribution in [0.3, 0.4) is 0 Å². The maximum Gasteiger partial charge on any atom is 0.459 e. The second-order valence-electron chi connectivity index (χ2n) is 6.12. The van der Waals surface area contributed by atoms with Gasteiger partial charge in [-0.25, -0.2) is 0 Å². The summed E-state index contributed by atoms with van der Waals surface area (Å²) in [5.41, 5.74) is -1.41. The first-order valence-corrected chi connectivity index (χ1v) is 8.32. The number of hydrogen-bond donors (Lipinski definition) is 2. The molecular formula is C15H13F7N2O2S. The fourth-order valence-corrected chi connectivity index (χ4v) is 4.27. The van der Waals surface area contributed by atoms with Gasteiger partial charge in [-0.1, -0.05) is 24.3 Å². The molecule has 0 amide bonds. The molecule has 1 aliphatic heterocycles. The molecule has 1 saturated heterocycles. The number of halogens is 7. The molecule has 1 fully saturated rings. The maximum absolute atomic E-state index is 13.7. The molecule has 0 saturated carbocycles. The predicted molar refractivity (Wildman–Crippen MR) is 82.8 cm³/mol. The smallest absolute Gasteiger partial charge is 0.364 e. The van der Waals surface area contributed by atoms with Crippen LogP contribution in [0.5, 0.6) is 0 Å². The van der Waals surface area contributed by atoms with E-state index < -0.39 is 35.3 Å². The normalized spacial score (nSPS) is 29.6. The summed E-state index contributed by atoms with van der Waals surface area (Å²) in [5, 5.41) is 13.6. The number of thioether (sulfide) groups is 1. The SMILES string of the molecule is CN=C1NC2(O)c3ccccc3CC2(OCC(F)(F)C(F)(F)C(F)(F)F)S1. The monoisotopic (exact) mass is 418 g/mol. The molecule has 4 nitrogen and oxygen atoms in total. The molecule has 1 heterocycles. The number of rotatable bonds is 4. The summed E-state index contributed by atoms with van der Waals surface area (Å²) in [7, 11) is 1.33. The zero-order valence-corrected chi connectivity index (χ0v) is 14.4. The Morgan fingerprint density at radius 1 is 1.19 bits per heavy atom. The molecule has 1 aliphatic carbocycles. The zero-order valence-electron chi connectivity index (χ0n) is 13.6. The Kier molecular flexibility index (Phi) is 4.48. The number of ether oxygens (including phenoxy) is 1. The van der Waals surface area contributed by atoms with Crippen molar-refractivity contribution in [2.24, 2.45) is 4.99 Å². The van der Waals surface area contributed by atoms with Crippen LogP contribution in [-0.4, -0.2) is 46.9 Å². The van der Waals surface area contributed by atoms with Gasteiger partial charge in [0.15, 0.2) is 10.1 Å².